The van der Waals surface area contributed by atoms with Gasteiger partial charge in [0.25, 0.3) is 0 Å². The van der Waals surface area contributed by atoms with Gasteiger partial charge in [-0.15, -0.1) is 0 Å². The minimum Gasteiger partial charge on any atom is -0.322 e. The van der Waals surface area contributed by atoms with Crippen molar-refractivity contribution in [1.82, 2.24) is 9.80 Å². The van der Waals surface area contributed by atoms with Gasteiger partial charge >= 0.3 is 6.03 Å². The van der Waals surface area contributed by atoms with Crippen LogP contribution in [0.15, 0.2) is 30.3 Å². The van der Waals surface area contributed by atoms with Crippen LogP contribution in [0.5, 0.6) is 0 Å². The van der Waals surface area contributed by atoms with Crippen molar-refractivity contribution in [2.45, 2.75) is 44.6 Å². The van der Waals surface area contributed by atoms with Crippen molar-refractivity contribution in [3.05, 3.63) is 30.3 Å². The van der Waals surface area contributed by atoms with Gasteiger partial charge in [0, 0.05) is 37.9 Å². The molecule has 0 spiro atoms. The summed E-state index contributed by atoms with van der Waals surface area (Å²) in [4.78, 5) is 16.9. The van der Waals surface area contributed by atoms with Crippen LogP contribution in [0.25, 0.3) is 0 Å². The van der Waals surface area contributed by atoms with Gasteiger partial charge in [0.15, 0.2) is 0 Å². The summed E-state index contributed by atoms with van der Waals surface area (Å²) in [5.74, 6) is 0. The summed E-state index contributed by atoms with van der Waals surface area (Å²) in [5, 5.41) is 2.98. The number of piperazine rings is 1. The maximum Gasteiger partial charge on any atom is 0.321 e. The number of anilines is 1. The van der Waals surface area contributed by atoms with Crippen LogP contribution >= 0.6 is 0 Å². The molecule has 3 rings (SSSR count). The Hall–Kier alpha value is -1.55. The summed E-state index contributed by atoms with van der Waals surface area (Å²) >= 11 is 0. The van der Waals surface area contributed by atoms with Gasteiger partial charge in [-0.1, -0.05) is 43.9 Å². The van der Waals surface area contributed by atoms with Crippen LogP contribution < -0.4 is 5.32 Å². The standard InChI is InChI=1S/C18H27N3O/c22-18(19-16-8-4-3-5-9-16)21-14-12-20(13-15-21)17-10-6-1-2-7-11-17/h3-5,8-9,17H,1-2,6-7,10-15H2,(H,19,22). The summed E-state index contributed by atoms with van der Waals surface area (Å²) in [7, 11) is 0. The van der Waals surface area contributed by atoms with Crippen molar-refractivity contribution in [3.63, 3.8) is 0 Å². The second-order valence-electron chi connectivity index (χ2n) is 6.46. The van der Waals surface area contributed by atoms with E-state index in [9.17, 15) is 4.79 Å². The second kappa shape index (κ2) is 7.63. The highest BCUT2D eigenvalue weighted by atomic mass is 16.2. The third-order valence-corrected chi connectivity index (χ3v) is 4.97. The van der Waals surface area contributed by atoms with Crippen molar-refractivity contribution >= 4 is 11.7 Å². The van der Waals surface area contributed by atoms with E-state index in [2.05, 4.69) is 10.2 Å². The van der Waals surface area contributed by atoms with Gasteiger partial charge < -0.3 is 10.2 Å². The number of urea groups is 1. The molecule has 1 saturated heterocycles. The molecule has 1 heterocycles. The first kappa shape index (κ1) is 15.3. The van der Waals surface area contributed by atoms with E-state index in [-0.39, 0.29) is 6.03 Å². The lowest BCUT2D eigenvalue weighted by atomic mass is 10.1. The molecule has 4 nitrogen and oxygen atoms in total. The Labute approximate surface area is 133 Å². The van der Waals surface area contributed by atoms with E-state index in [4.69, 9.17) is 0 Å². The Bertz CT molecular complexity index is 460. The predicted octanol–water partition coefficient (Wildman–Crippen LogP) is 3.56. The van der Waals surface area contributed by atoms with E-state index in [0.717, 1.165) is 37.9 Å². The maximum absolute atomic E-state index is 12.3. The van der Waals surface area contributed by atoms with Gasteiger partial charge in [-0.2, -0.15) is 0 Å². The van der Waals surface area contributed by atoms with E-state index in [1.807, 2.05) is 35.2 Å². The van der Waals surface area contributed by atoms with E-state index in [1.54, 1.807) is 0 Å². The summed E-state index contributed by atoms with van der Waals surface area (Å²) in [6.45, 7) is 3.73. The number of carbonyl (C=O) groups is 1. The zero-order valence-electron chi connectivity index (χ0n) is 13.3. The molecule has 2 fully saturated rings. The SMILES string of the molecule is O=C(Nc1ccccc1)N1CCN(C2CCCCCC2)CC1. The van der Waals surface area contributed by atoms with Crippen molar-refractivity contribution < 1.29 is 4.79 Å². The molecule has 120 valence electrons. The highest BCUT2D eigenvalue weighted by Crippen LogP contribution is 2.23. The fraction of sp³-hybridized carbons (Fsp3) is 0.611. The van der Waals surface area contributed by atoms with Crippen molar-refractivity contribution in [3.8, 4) is 0 Å². The average molecular weight is 301 g/mol. The molecule has 1 aliphatic heterocycles. The van der Waals surface area contributed by atoms with Gasteiger partial charge in [0.1, 0.15) is 0 Å². The molecule has 0 aromatic heterocycles. The minimum absolute atomic E-state index is 0.0340. The molecule has 0 radical (unpaired) electrons. The molecule has 0 unspecified atom stereocenters. The number of hydrogen-bond donors (Lipinski definition) is 1. The lowest BCUT2D eigenvalue weighted by Gasteiger charge is -2.39. The van der Waals surface area contributed by atoms with Crippen LogP contribution in [-0.2, 0) is 0 Å². The number of nitrogens with one attached hydrogen (secondary N) is 1. The topological polar surface area (TPSA) is 35.6 Å². The molecule has 2 amide bonds. The zero-order valence-corrected chi connectivity index (χ0v) is 13.3. The van der Waals surface area contributed by atoms with Crippen LogP contribution in [-0.4, -0.2) is 48.1 Å². The van der Waals surface area contributed by atoms with E-state index in [0.29, 0.717) is 0 Å². The highest BCUT2D eigenvalue weighted by molar-refractivity contribution is 5.89. The minimum atomic E-state index is 0.0340. The molecule has 1 saturated carbocycles. The van der Waals surface area contributed by atoms with Crippen molar-refractivity contribution in [1.29, 1.82) is 0 Å². The largest absolute Gasteiger partial charge is 0.322 e. The molecule has 0 atom stereocenters. The lowest BCUT2D eigenvalue weighted by Crippen LogP contribution is -2.52. The monoisotopic (exact) mass is 301 g/mol. The average Bonchev–Trinajstić information content (AvgIpc) is 2.85. The molecule has 1 aliphatic carbocycles. The molecule has 1 aromatic carbocycles. The Kier molecular flexibility index (Phi) is 5.33. The Morgan fingerprint density at radius 3 is 2.18 bits per heavy atom. The lowest BCUT2D eigenvalue weighted by molar-refractivity contribution is 0.105. The number of hydrogen-bond acceptors (Lipinski definition) is 2. The number of carbonyl (C=O) groups excluding carboxylic acids is 1. The number of amides is 2. The molecular weight excluding hydrogens is 274 g/mol. The summed E-state index contributed by atoms with van der Waals surface area (Å²) < 4.78 is 0. The van der Waals surface area contributed by atoms with Gasteiger partial charge in [0.2, 0.25) is 0 Å². The normalized spacial score (nSPS) is 21.4. The van der Waals surface area contributed by atoms with Crippen LogP contribution in [0.1, 0.15) is 38.5 Å². The third-order valence-electron chi connectivity index (χ3n) is 4.97. The third kappa shape index (κ3) is 4.01. The van der Waals surface area contributed by atoms with Gasteiger partial charge in [0.05, 0.1) is 0 Å². The van der Waals surface area contributed by atoms with Crippen LogP contribution in [0.4, 0.5) is 10.5 Å². The molecule has 22 heavy (non-hydrogen) atoms. The fourth-order valence-electron chi connectivity index (χ4n) is 3.64. The smallest absolute Gasteiger partial charge is 0.321 e. The summed E-state index contributed by atoms with van der Waals surface area (Å²) in [6.07, 6.45) is 8.23. The zero-order chi connectivity index (χ0) is 15.2. The number of nitrogens with zero attached hydrogens (tertiary/aromatic N) is 2. The molecule has 2 aliphatic rings. The van der Waals surface area contributed by atoms with Gasteiger partial charge in [-0.3, -0.25) is 4.90 Å². The number of para-hydroxylation sites is 1. The van der Waals surface area contributed by atoms with E-state index in [1.165, 1.54) is 38.5 Å². The first-order chi connectivity index (χ1) is 10.8. The van der Waals surface area contributed by atoms with Crippen molar-refractivity contribution in [2.24, 2.45) is 0 Å². The van der Waals surface area contributed by atoms with Gasteiger partial charge in [-0.05, 0) is 25.0 Å². The second-order valence-corrected chi connectivity index (χ2v) is 6.46. The fourth-order valence-corrected chi connectivity index (χ4v) is 3.64. The van der Waals surface area contributed by atoms with Crippen LogP contribution in [0.3, 0.4) is 0 Å². The highest BCUT2D eigenvalue weighted by Gasteiger charge is 2.26. The molecule has 0 bridgehead atoms. The number of rotatable bonds is 2. The number of benzene rings is 1. The van der Waals surface area contributed by atoms with E-state index < -0.39 is 0 Å². The van der Waals surface area contributed by atoms with E-state index >= 15 is 0 Å². The predicted molar refractivity (Wildman–Crippen MR) is 90.1 cm³/mol. The van der Waals surface area contributed by atoms with Gasteiger partial charge in [-0.25, -0.2) is 4.79 Å². The quantitative estimate of drug-likeness (QED) is 0.848. The van der Waals surface area contributed by atoms with Crippen LogP contribution in [0.2, 0.25) is 0 Å². The Morgan fingerprint density at radius 2 is 1.55 bits per heavy atom. The first-order valence-electron chi connectivity index (χ1n) is 8.68. The maximum atomic E-state index is 12.3. The van der Waals surface area contributed by atoms with Crippen LogP contribution in [0, 0.1) is 0 Å². The Balaban J connectivity index is 1.47. The van der Waals surface area contributed by atoms with Crippen molar-refractivity contribution in [2.75, 3.05) is 31.5 Å². The first-order valence-corrected chi connectivity index (χ1v) is 8.68. The summed E-state index contributed by atoms with van der Waals surface area (Å²) in [6, 6.07) is 10.5. The molecule has 4 heteroatoms. The molecule has 1 N–H and O–H groups in total. The summed E-state index contributed by atoms with van der Waals surface area (Å²) in [5.41, 5.74) is 0.874. The molecular formula is C18H27N3O. The Morgan fingerprint density at radius 1 is 0.909 bits per heavy atom. The molecule has 1 aromatic rings.